The van der Waals surface area contributed by atoms with Crippen molar-refractivity contribution < 1.29 is 9.53 Å². The summed E-state index contributed by atoms with van der Waals surface area (Å²) in [5, 5.41) is 0. The molecule has 8 nitrogen and oxygen atoms in total. The second-order valence-corrected chi connectivity index (χ2v) is 6.48. The Morgan fingerprint density at radius 1 is 1.42 bits per heavy atom. The number of aromatic nitrogens is 2. The first-order valence-corrected chi connectivity index (χ1v) is 8.47. The number of hydrogen-bond acceptors (Lipinski definition) is 7. The highest BCUT2D eigenvalue weighted by molar-refractivity contribution is 5.78. The van der Waals surface area contributed by atoms with Crippen molar-refractivity contribution in [1.82, 2.24) is 24.7 Å². The number of nitrogen functional groups attached to an aromatic ring is 1. The predicted molar refractivity (Wildman–Crippen MR) is 90.2 cm³/mol. The molecule has 0 aliphatic carbocycles. The average Bonchev–Trinajstić information content (AvgIpc) is 3.06. The van der Waals surface area contributed by atoms with Gasteiger partial charge in [-0.05, 0) is 19.5 Å². The van der Waals surface area contributed by atoms with Gasteiger partial charge >= 0.3 is 0 Å². The van der Waals surface area contributed by atoms with Gasteiger partial charge in [-0.3, -0.25) is 14.6 Å². The number of rotatable bonds is 5. The maximum absolute atomic E-state index is 12.5. The van der Waals surface area contributed by atoms with Gasteiger partial charge in [0.2, 0.25) is 5.91 Å². The first-order valence-electron chi connectivity index (χ1n) is 8.47. The zero-order chi connectivity index (χ0) is 16.9. The van der Waals surface area contributed by atoms with E-state index in [0.29, 0.717) is 24.9 Å². The van der Waals surface area contributed by atoms with E-state index in [2.05, 4.69) is 19.8 Å². The highest BCUT2D eigenvalue weighted by atomic mass is 16.5. The van der Waals surface area contributed by atoms with Crippen LogP contribution in [0.15, 0.2) is 12.3 Å². The zero-order valence-corrected chi connectivity index (χ0v) is 14.2. The molecule has 1 aromatic heterocycles. The lowest BCUT2D eigenvalue weighted by molar-refractivity contribution is -0.132. The van der Waals surface area contributed by atoms with Crippen molar-refractivity contribution in [2.75, 3.05) is 58.7 Å². The van der Waals surface area contributed by atoms with Crippen molar-refractivity contribution in [3.63, 3.8) is 0 Å². The molecular weight excluding hydrogens is 308 g/mol. The molecule has 0 radical (unpaired) electrons. The molecule has 132 valence electrons. The Morgan fingerprint density at radius 3 is 2.96 bits per heavy atom. The van der Waals surface area contributed by atoms with E-state index >= 15 is 0 Å². The lowest BCUT2D eigenvalue weighted by Gasteiger charge is -2.28. The molecule has 1 aromatic rings. The quantitative estimate of drug-likeness (QED) is 0.771. The van der Waals surface area contributed by atoms with Gasteiger partial charge in [0.15, 0.2) is 0 Å². The predicted octanol–water partition coefficient (Wildman–Crippen LogP) is -0.576. The molecule has 2 aliphatic heterocycles. The molecule has 0 aromatic carbocycles. The summed E-state index contributed by atoms with van der Waals surface area (Å²) in [6.45, 7) is 5.85. The van der Waals surface area contributed by atoms with E-state index in [0.717, 1.165) is 51.6 Å². The minimum atomic E-state index is 0.216. The molecule has 1 atom stereocenters. The van der Waals surface area contributed by atoms with Gasteiger partial charge in [0, 0.05) is 38.4 Å². The van der Waals surface area contributed by atoms with Crippen LogP contribution in [0.5, 0.6) is 0 Å². The molecule has 2 N–H and O–H groups in total. The van der Waals surface area contributed by atoms with E-state index in [4.69, 9.17) is 10.5 Å². The van der Waals surface area contributed by atoms with Crippen LogP contribution in [0.1, 0.15) is 12.2 Å². The molecule has 3 heterocycles. The molecule has 0 saturated carbocycles. The second-order valence-electron chi connectivity index (χ2n) is 6.48. The summed E-state index contributed by atoms with van der Waals surface area (Å²) in [7, 11) is 2.05. The van der Waals surface area contributed by atoms with Crippen molar-refractivity contribution in [2.45, 2.75) is 19.0 Å². The van der Waals surface area contributed by atoms with Gasteiger partial charge in [0.25, 0.3) is 0 Å². The SMILES string of the molecule is CN(Cc1nccc(N)n1)C1CCN(C(=O)CN2CCOCC2)C1. The fourth-order valence-corrected chi connectivity index (χ4v) is 3.22. The monoisotopic (exact) mass is 334 g/mol. The van der Waals surface area contributed by atoms with Crippen molar-refractivity contribution in [2.24, 2.45) is 0 Å². The average molecular weight is 334 g/mol. The summed E-state index contributed by atoms with van der Waals surface area (Å²) in [5.74, 6) is 1.42. The number of morpholine rings is 1. The molecule has 2 aliphatic rings. The number of carbonyl (C=O) groups is 1. The third-order valence-corrected chi connectivity index (χ3v) is 4.72. The summed E-state index contributed by atoms with van der Waals surface area (Å²) < 4.78 is 5.33. The standard InChI is InChI=1S/C16H26N6O2/c1-20(11-15-18-4-2-14(17)19-15)13-3-5-22(10-13)16(23)12-21-6-8-24-9-7-21/h2,4,13H,3,5-12H2,1H3,(H2,17,18,19). The van der Waals surface area contributed by atoms with Gasteiger partial charge < -0.3 is 15.4 Å². The number of likely N-dealkylation sites (N-methyl/N-ethyl adjacent to an activating group) is 1. The Kier molecular flexibility index (Phi) is 5.60. The molecular formula is C16H26N6O2. The summed E-state index contributed by atoms with van der Waals surface area (Å²) in [5.41, 5.74) is 5.70. The maximum atomic E-state index is 12.5. The normalized spacial score (nSPS) is 22.2. The molecule has 8 heteroatoms. The number of likely N-dealkylation sites (tertiary alicyclic amines) is 1. The molecule has 1 unspecified atom stereocenters. The van der Waals surface area contributed by atoms with E-state index in [1.165, 1.54) is 0 Å². The lowest BCUT2D eigenvalue weighted by Crippen LogP contribution is -2.45. The zero-order valence-electron chi connectivity index (χ0n) is 14.2. The molecule has 0 bridgehead atoms. The van der Waals surface area contributed by atoms with Gasteiger partial charge in [-0.25, -0.2) is 9.97 Å². The van der Waals surface area contributed by atoms with E-state index in [1.54, 1.807) is 12.3 Å². The van der Waals surface area contributed by atoms with Crippen molar-refractivity contribution in [3.8, 4) is 0 Å². The molecule has 2 saturated heterocycles. The number of ether oxygens (including phenoxy) is 1. The summed E-state index contributed by atoms with van der Waals surface area (Å²) in [4.78, 5) is 27.3. The topological polar surface area (TPSA) is 87.8 Å². The third-order valence-electron chi connectivity index (χ3n) is 4.72. The Hall–Kier alpha value is -1.77. The van der Waals surface area contributed by atoms with Gasteiger partial charge in [0.05, 0.1) is 26.3 Å². The van der Waals surface area contributed by atoms with Gasteiger partial charge in [0.1, 0.15) is 11.6 Å². The van der Waals surface area contributed by atoms with Gasteiger partial charge in [-0.15, -0.1) is 0 Å². The van der Waals surface area contributed by atoms with Crippen LogP contribution >= 0.6 is 0 Å². The van der Waals surface area contributed by atoms with E-state index < -0.39 is 0 Å². The number of nitrogens with two attached hydrogens (primary N) is 1. The van der Waals surface area contributed by atoms with E-state index in [9.17, 15) is 4.79 Å². The highest BCUT2D eigenvalue weighted by Gasteiger charge is 2.30. The van der Waals surface area contributed by atoms with Crippen LogP contribution in [0.2, 0.25) is 0 Å². The maximum Gasteiger partial charge on any atom is 0.236 e. The fraction of sp³-hybridized carbons (Fsp3) is 0.688. The Morgan fingerprint density at radius 2 is 2.21 bits per heavy atom. The lowest BCUT2D eigenvalue weighted by atomic mass is 10.2. The molecule has 3 rings (SSSR count). The van der Waals surface area contributed by atoms with Crippen LogP contribution in [0.25, 0.3) is 0 Å². The molecule has 0 spiro atoms. The number of anilines is 1. The Balaban J connectivity index is 1.48. The Labute approximate surface area is 142 Å². The minimum Gasteiger partial charge on any atom is -0.384 e. The molecule has 1 amide bonds. The number of amides is 1. The Bertz CT molecular complexity index is 563. The summed E-state index contributed by atoms with van der Waals surface area (Å²) in [6, 6.07) is 2.02. The van der Waals surface area contributed by atoms with Gasteiger partial charge in [-0.1, -0.05) is 0 Å². The van der Waals surface area contributed by atoms with Crippen LogP contribution in [0.3, 0.4) is 0 Å². The van der Waals surface area contributed by atoms with Gasteiger partial charge in [-0.2, -0.15) is 0 Å². The fourth-order valence-electron chi connectivity index (χ4n) is 3.22. The van der Waals surface area contributed by atoms with E-state index in [-0.39, 0.29) is 5.91 Å². The minimum absolute atomic E-state index is 0.216. The number of carbonyl (C=O) groups excluding carboxylic acids is 1. The van der Waals surface area contributed by atoms with Crippen LogP contribution < -0.4 is 5.73 Å². The molecule has 2 fully saturated rings. The van der Waals surface area contributed by atoms with Crippen LogP contribution in [-0.2, 0) is 16.1 Å². The van der Waals surface area contributed by atoms with Crippen LogP contribution in [0, 0.1) is 0 Å². The third kappa shape index (κ3) is 4.40. The highest BCUT2D eigenvalue weighted by Crippen LogP contribution is 2.16. The first-order chi connectivity index (χ1) is 11.6. The largest absolute Gasteiger partial charge is 0.384 e. The summed E-state index contributed by atoms with van der Waals surface area (Å²) >= 11 is 0. The molecule has 24 heavy (non-hydrogen) atoms. The smallest absolute Gasteiger partial charge is 0.236 e. The summed E-state index contributed by atoms with van der Waals surface area (Å²) in [6.07, 6.45) is 2.66. The van der Waals surface area contributed by atoms with Crippen LogP contribution in [0.4, 0.5) is 5.82 Å². The number of hydrogen-bond donors (Lipinski definition) is 1. The van der Waals surface area contributed by atoms with Crippen molar-refractivity contribution in [3.05, 3.63) is 18.1 Å². The second kappa shape index (κ2) is 7.87. The first kappa shape index (κ1) is 17.1. The number of nitrogens with zero attached hydrogens (tertiary/aromatic N) is 5. The van der Waals surface area contributed by atoms with Crippen molar-refractivity contribution in [1.29, 1.82) is 0 Å². The van der Waals surface area contributed by atoms with E-state index in [1.807, 2.05) is 11.9 Å². The van der Waals surface area contributed by atoms with Crippen molar-refractivity contribution >= 4 is 11.7 Å². The van der Waals surface area contributed by atoms with Crippen LogP contribution in [-0.4, -0.2) is 89.6 Å².